The molecule has 0 aliphatic heterocycles. The van der Waals surface area contributed by atoms with Crippen LogP contribution in [-0.2, 0) is 19.4 Å². The van der Waals surface area contributed by atoms with Gasteiger partial charge in [-0.15, -0.1) is 0 Å². The molecule has 0 spiro atoms. The average Bonchev–Trinajstić information content (AvgIpc) is 2.43. The van der Waals surface area contributed by atoms with Gasteiger partial charge in [0.25, 0.3) is 0 Å². The maximum absolute atomic E-state index is 12.1. The van der Waals surface area contributed by atoms with Gasteiger partial charge in [0.05, 0.1) is 0 Å². The number of nitrogens with one attached hydrogen (secondary N) is 1. The van der Waals surface area contributed by atoms with Crippen molar-refractivity contribution in [1.82, 2.24) is 10.3 Å². The Hall–Kier alpha value is -1.47. The van der Waals surface area contributed by atoms with E-state index in [1.54, 1.807) is 19.2 Å². The fraction of sp³-hybridized carbons (Fsp3) is 0.500. The third kappa shape index (κ3) is 4.29. The van der Waals surface area contributed by atoms with Crippen LogP contribution in [0.1, 0.15) is 13.3 Å². The molecule has 1 atom stereocenters. The summed E-state index contributed by atoms with van der Waals surface area (Å²) in [5.74, 6) is -0.526. The predicted molar refractivity (Wildman–Crippen MR) is 70.4 cm³/mol. The highest BCUT2D eigenvalue weighted by molar-refractivity contribution is 7.92. The van der Waals surface area contributed by atoms with Gasteiger partial charge >= 0.3 is 0 Å². The van der Waals surface area contributed by atoms with Crippen LogP contribution in [-0.4, -0.2) is 44.8 Å². The van der Waals surface area contributed by atoms with Crippen LogP contribution in [0.5, 0.6) is 0 Å². The van der Waals surface area contributed by atoms with E-state index in [1.165, 1.54) is 19.2 Å². The minimum atomic E-state index is -3.74. The van der Waals surface area contributed by atoms with Crippen molar-refractivity contribution < 1.29 is 17.9 Å². The van der Waals surface area contributed by atoms with Gasteiger partial charge in [-0.05, 0) is 25.5 Å². The first-order valence-corrected chi connectivity index (χ1v) is 7.46. The number of hydrogen-bond acceptors (Lipinski definition) is 5. The van der Waals surface area contributed by atoms with Gasteiger partial charge < -0.3 is 10.1 Å². The van der Waals surface area contributed by atoms with Crippen molar-refractivity contribution in [3.8, 4) is 0 Å². The molecule has 0 aliphatic rings. The standard InChI is InChI=1S/C12H18N2O4S/c1-10(12(15)14-8-5-9-18-2)19(16,17)11-6-3-4-7-13-11/h3-4,6-7,10H,5,8-9H2,1-2H3,(H,14,15)/t10-/m0/s1. The van der Waals surface area contributed by atoms with E-state index in [-0.39, 0.29) is 5.03 Å². The molecule has 0 unspecified atom stereocenters. The molecule has 1 aromatic rings. The molecule has 1 rings (SSSR count). The molecular formula is C12H18N2O4S. The summed E-state index contributed by atoms with van der Waals surface area (Å²) < 4.78 is 29.1. The number of amides is 1. The maximum Gasteiger partial charge on any atom is 0.238 e. The fourth-order valence-corrected chi connectivity index (χ4v) is 2.61. The molecule has 106 valence electrons. The summed E-state index contributed by atoms with van der Waals surface area (Å²) in [5.41, 5.74) is 0. The number of aromatic nitrogens is 1. The second-order valence-electron chi connectivity index (χ2n) is 3.99. The zero-order valence-corrected chi connectivity index (χ0v) is 11.8. The summed E-state index contributed by atoms with van der Waals surface area (Å²) in [5, 5.41) is 1.32. The van der Waals surface area contributed by atoms with E-state index in [0.717, 1.165) is 0 Å². The van der Waals surface area contributed by atoms with Crippen molar-refractivity contribution in [2.24, 2.45) is 0 Å². The predicted octanol–water partition coefficient (Wildman–Crippen LogP) is 0.396. The van der Waals surface area contributed by atoms with E-state index in [1.807, 2.05) is 0 Å². The Kier molecular flexibility index (Phi) is 5.91. The molecule has 1 N–H and O–H groups in total. The molecule has 0 saturated heterocycles. The van der Waals surface area contributed by atoms with Crippen molar-refractivity contribution in [3.05, 3.63) is 24.4 Å². The van der Waals surface area contributed by atoms with E-state index < -0.39 is 21.0 Å². The average molecular weight is 286 g/mol. The first-order valence-electron chi connectivity index (χ1n) is 5.91. The Labute approximate surface area is 113 Å². The zero-order valence-electron chi connectivity index (χ0n) is 11.0. The second kappa shape index (κ2) is 7.20. The van der Waals surface area contributed by atoms with Crippen LogP contribution >= 0.6 is 0 Å². The molecule has 0 radical (unpaired) electrons. The molecular weight excluding hydrogens is 268 g/mol. The summed E-state index contributed by atoms with van der Waals surface area (Å²) in [7, 11) is -2.17. The molecule has 0 aromatic carbocycles. The lowest BCUT2D eigenvalue weighted by molar-refractivity contribution is -0.120. The monoisotopic (exact) mass is 286 g/mol. The largest absolute Gasteiger partial charge is 0.385 e. The Bertz CT molecular complexity index is 502. The smallest absolute Gasteiger partial charge is 0.238 e. The van der Waals surface area contributed by atoms with Crippen LogP contribution in [0.3, 0.4) is 0 Å². The molecule has 0 aliphatic carbocycles. The molecule has 0 bridgehead atoms. The lowest BCUT2D eigenvalue weighted by atomic mass is 10.4. The second-order valence-corrected chi connectivity index (χ2v) is 6.21. The number of rotatable bonds is 7. The van der Waals surface area contributed by atoms with Gasteiger partial charge in [0.2, 0.25) is 15.7 Å². The van der Waals surface area contributed by atoms with Crippen LogP contribution < -0.4 is 5.32 Å². The number of ether oxygens (including phenoxy) is 1. The van der Waals surface area contributed by atoms with E-state index in [4.69, 9.17) is 4.74 Å². The number of hydrogen-bond donors (Lipinski definition) is 1. The molecule has 7 heteroatoms. The van der Waals surface area contributed by atoms with E-state index in [9.17, 15) is 13.2 Å². The number of pyridine rings is 1. The topological polar surface area (TPSA) is 85.4 Å². The molecule has 0 saturated carbocycles. The maximum atomic E-state index is 12.1. The van der Waals surface area contributed by atoms with Crippen molar-refractivity contribution >= 4 is 15.7 Å². The molecule has 1 amide bonds. The minimum Gasteiger partial charge on any atom is -0.385 e. The molecule has 19 heavy (non-hydrogen) atoms. The van der Waals surface area contributed by atoms with Crippen molar-refractivity contribution in [2.45, 2.75) is 23.6 Å². The number of methoxy groups -OCH3 is 1. The van der Waals surface area contributed by atoms with Crippen LogP contribution in [0.25, 0.3) is 0 Å². The SMILES string of the molecule is COCCCNC(=O)[C@H](C)S(=O)(=O)c1ccccn1. The third-order valence-electron chi connectivity index (χ3n) is 2.59. The number of carbonyl (C=O) groups is 1. The molecule has 0 fully saturated rings. The zero-order chi connectivity index (χ0) is 14.3. The van der Waals surface area contributed by atoms with Gasteiger partial charge in [-0.3, -0.25) is 4.79 Å². The van der Waals surface area contributed by atoms with Gasteiger partial charge in [-0.2, -0.15) is 0 Å². The van der Waals surface area contributed by atoms with Crippen LogP contribution in [0, 0.1) is 0 Å². The molecule has 1 heterocycles. The number of sulfone groups is 1. The lowest BCUT2D eigenvalue weighted by Crippen LogP contribution is -2.38. The Balaban J connectivity index is 2.66. The van der Waals surface area contributed by atoms with Gasteiger partial charge in [-0.1, -0.05) is 6.07 Å². The van der Waals surface area contributed by atoms with Crippen LogP contribution in [0.15, 0.2) is 29.4 Å². The number of carbonyl (C=O) groups excluding carboxylic acids is 1. The van der Waals surface area contributed by atoms with E-state index in [2.05, 4.69) is 10.3 Å². The van der Waals surface area contributed by atoms with Crippen LogP contribution in [0.2, 0.25) is 0 Å². The van der Waals surface area contributed by atoms with E-state index in [0.29, 0.717) is 19.6 Å². The van der Waals surface area contributed by atoms with Gasteiger partial charge in [0.1, 0.15) is 5.25 Å². The van der Waals surface area contributed by atoms with Crippen molar-refractivity contribution in [3.63, 3.8) is 0 Å². The highest BCUT2D eigenvalue weighted by Crippen LogP contribution is 2.12. The van der Waals surface area contributed by atoms with Gasteiger partial charge in [0.15, 0.2) is 5.03 Å². The van der Waals surface area contributed by atoms with Gasteiger partial charge in [-0.25, -0.2) is 13.4 Å². The number of nitrogens with zero attached hydrogens (tertiary/aromatic N) is 1. The third-order valence-corrected chi connectivity index (χ3v) is 4.56. The van der Waals surface area contributed by atoms with E-state index >= 15 is 0 Å². The normalized spacial score (nSPS) is 12.9. The fourth-order valence-electron chi connectivity index (χ4n) is 1.41. The first-order chi connectivity index (χ1) is 9.00. The molecule has 6 nitrogen and oxygen atoms in total. The van der Waals surface area contributed by atoms with Crippen LogP contribution in [0.4, 0.5) is 0 Å². The summed E-state index contributed by atoms with van der Waals surface area (Å²) in [4.78, 5) is 15.5. The summed E-state index contributed by atoms with van der Waals surface area (Å²) in [6, 6.07) is 4.57. The Morgan fingerprint density at radius 1 is 1.47 bits per heavy atom. The summed E-state index contributed by atoms with van der Waals surface area (Å²) >= 11 is 0. The Morgan fingerprint density at radius 2 is 2.21 bits per heavy atom. The highest BCUT2D eigenvalue weighted by atomic mass is 32.2. The highest BCUT2D eigenvalue weighted by Gasteiger charge is 2.30. The minimum absolute atomic E-state index is 0.0884. The van der Waals surface area contributed by atoms with Gasteiger partial charge in [0, 0.05) is 26.5 Å². The summed E-state index contributed by atoms with van der Waals surface area (Å²) in [6.45, 7) is 2.26. The first kappa shape index (κ1) is 15.6. The Morgan fingerprint density at radius 3 is 2.79 bits per heavy atom. The van der Waals surface area contributed by atoms with Crippen molar-refractivity contribution in [2.75, 3.05) is 20.3 Å². The molecule has 1 aromatic heterocycles. The summed E-state index contributed by atoms with van der Waals surface area (Å²) in [6.07, 6.45) is 2.02. The quantitative estimate of drug-likeness (QED) is 0.733. The lowest BCUT2D eigenvalue weighted by Gasteiger charge is -2.12. The van der Waals surface area contributed by atoms with Crippen molar-refractivity contribution in [1.29, 1.82) is 0 Å².